The molecule has 2 rings (SSSR count). The highest BCUT2D eigenvalue weighted by molar-refractivity contribution is 5.76. The molecule has 0 spiro atoms. The van der Waals surface area contributed by atoms with E-state index in [4.69, 9.17) is 18.7 Å². The normalized spacial score (nSPS) is 24.4. The number of carbonyl (C=O) groups is 3. The number of aryl methyl sites for hydroxylation is 1. The minimum Gasteiger partial charge on any atom is -0.481 e. The van der Waals surface area contributed by atoms with Crippen molar-refractivity contribution in [2.45, 2.75) is 45.5 Å². The van der Waals surface area contributed by atoms with Crippen LogP contribution >= 0.6 is 0 Å². The van der Waals surface area contributed by atoms with Gasteiger partial charge in [0.25, 0.3) is 0 Å². The van der Waals surface area contributed by atoms with Crippen molar-refractivity contribution in [3.63, 3.8) is 0 Å². The molecule has 1 aliphatic rings. The van der Waals surface area contributed by atoms with Gasteiger partial charge in [0.05, 0.1) is 12.3 Å². The maximum Gasteiger partial charge on any atom is 0.314 e. The van der Waals surface area contributed by atoms with E-state index in [1.54, 1.807) is 6.07 Å². The maximum absolute atomic E-state index is 11.8. The Morgan fingerprint density at radius 2 is 2.00 bits per heavy atom. The lowest BCUT2D eigenvalue weighted by molar-refractivity contribution is -0.190. The number of esters is 2. The van der Waals surface area contributed by atoms with Crippen LogP contribution < -0.4 is 0 Å². The molecule has 132 valence electrons. The average molecular weight is 341 g/mol. The van der Waals surface area contributed by atoms with Gasteiger partial charge in [0.2, 0.25) is 6.29 Å². The molecule has 1 aromatic rings. The van der Waals surface area contributed by atoms with E-state index < -0.39 is 42.1 Å². The Morgan fingerprint density at radius 3 is 2.50 bits per heavy atom. The molecule has 1 N–H and O–H groups in total. The summed E-state index contributed by atoms with van der Waals surface area (Å²) in [5, 5.41) is 13.4. The quantitative estimate of drug-likeness (QED) is 0.750. The van der Waals surface area contributed by atoms with Crippen LogP contribution in [0, 0.1) is 5.92 Å². The van der Waals surface area contributed by atoms with Gasteiger partial charge < -0.3 is 23.8 Å². The van der Waals surface area contributed by atoms with Crippen molar-refractivity contribution in [3.8, 4) is 0 Å². The van der Waals surface area contributed by atoms with Gasteiger partial charge in [-0.15, -0.1) is 0 Å². The van der Waals surface area contributed by atoms with Crippen LogP contribution in [0.1, 0.15) is 38.1 Å². The van der Waals surface area contributed by atoms with Gasteiger partial charge in [0.1, 0.15) is 5.92 Å². The summed E-state index contributed by atoms with van der Waals surface area (Å²) in [5.74, 6) is -4.24. The molecule has 2 heterocycles. The summed E-state index contributed by atoms with van der Waals surface area (Å²) in [4.78, 5) is 34.3. The summed E-state index contributed by atoms with van der Waals surface area (Å²) in [7, 11) is 0. The van der Waals surface area contributed by atoms with Gasteiger partial charge in [0.15, 0.2) is 11.9 Å². The Balaban J connectivity index is 2.31. The molecule has 0 unspecified atom stereocenters. The molecule has 0 radical (unpaired) electrons. The van der Waals surface area contributed by atoms with Crippen LogP contribution in [-0.2, 0) is 35.0 Å². The van der Waals surface area contributed by atoms with Crippen molar-refractivity contribution in [3.05, 3.63) is 17.5 Å². The molecule has 0 aromatic carbocycles. The lowest BCUT2D eigenvalue weighted by Crippen LogP contribution is -2.38. The first-order chi connectivity index (χ1) is 11.3. The molecule has 4 atom stereocenters. The van der Waals surface area contributed by atoms with E-state index >= 15 is 0 Å². The van der Waals surface area contributed by atoms with E-state index in [0.717, 1.165) is 0 Å². The van der Waals surface area contributed by atoms with Gasteiger partial charge in [-0.05, 0) is 6.42 Å². The van der Waals surface area contributed by atoms with Crippen LogP contribution in [0.5, 0.6) is 0 Å². The van der Waals surface area contributed by atoms with E-state index in [1.165, 1.54) is 13.8 Å². The highest BCUT2D eigenvalue weighted by Gasteiger charge is 2.50. The predicted molar refractivity (Wildman–Crippen MR) is 76.8 cm³/mol. The van der Waals surface area contributed by atoms with Gasteiger partial charge in [-0.25, -0.2) is 0 Å². The number of nitrogens with zero attached hydrogens (tertiary/aromatic N) is 1. The number of rotatable bonds is 6. The van der Waals surface area contributed by atoms with Crippen molar-refractivity contribution in [2.24, 2.45) is 5.92 Å². The van der Waals surface area contributed by atoms with Crippen LogP contribution in [0.4, 0.5) is 0 Å². The average Bonchev–Trinajstić information content (AvgIpc) is 3.08. The van der Waals surface area contributed by atoms with Gasteiger partial charge >= 0.3 is 17.9 Å². The number of carboxylic acid groups (broad SMARTS) is 1. The number of aromatic nitrogens is 1. The third-order valence-electron chi connectivity index (χ3n) is 3.67. The molecule has 0 bridgehead atoms. The second-order valence-electron chi connectivity index (χ2n) is 5.44. The minimum absolute atomic E-state index is 0.0744. The van der Waals surface area contributed by atoms with Crippen molar-refractivity contribution in [1.29, 1.82) is 0 Å². The molecule has 24 heavy (non-hydrogen) atoms. The Kier molecular flexibility index (Phi) is 5.55. The molecule has 0 aliphatic carbocycles. The standard InChI is InChI=1S/C15H19NO8/c1-4-9-5-11(24-16-9)12(14(19)20)10-6-21-15(23-8(3)18)13(10)22-7(2)17/h5,10,12-13,15H,4,6H2,1-3H3,(H,19,20)/t10-,12-,13+,15+/m0/s1. The lowest BCUT2D eigenvalue weighted by atomic mass is 9.87. The van der Waals surface area contributed by atoms with E-state index in [0.29, 0.717) is 12.1 Å². The number of carboxylic acids is 1. The first-order valence-electron chi connectivity index (χ1n) is 7.47. The highest BCUT2D eigenvalue weighted by Crippen LogP contribution is 2.37. The van der Waals surface area contributed by atoms with Gasteiger partial charge in [-0.3, -0.25) is 14.4 Å². The summed E-state index contributed by atoms with van der Waals surface area (Å²) in [6.07, 6.45) is -1.63. The number of carbonyl (C=O) groups excluding carboxylic acids is 2. The molecule has 1 fully saturated rings. The largest absolute Gasteiger partial charge is 0.481 e. The SMILES string of the molecule is CCc1cc([C@@H](C(=O)O)[C@@H]2CO[C@H](OC(C)=O)[C@@H]2OC(C)=O)on1. The number of hydrogen-bond acceptors (Lipinski definition) is 8. The summed E-state index contributed by atoms with van der Waals surface area (Å²) in [6.45, 7) is 4.14. The Labute approximate surface area is 137 Å². The van der Waals surface area contributed by atoms with Crippen LogP contribution in [0.2, 0.25) is 0 Å². The molecule has 0 amide bonds. The molecule has 1 saturated heterocycles. The smallest absolute Gasteiger partial charge is 0.314 e. The summed E-state index contributed by atoms with van der Waals surface area (Å²) in [6, 6.07) is 1.54. The fourth-order valence-electron chi connectivity index (χ4n) is 2.64. The Bertz CT molecular complexity index is 625. The zero-order chi connectivity index (χ0) is 17.9. The summed E-state index contributed by atoms with van der Waals surface area (Å²) < 4.78 is 20.6. The summed E-state index contributed by atoms with van der Waals surface area (Å²) in [5.41, 5.74) is 0.607. The zero-order valence-electron chi connectivity index (χ0n) is 13.6. The summed E-state index contributed by atoms with van der Waals surface area (Å²) >= 11 is 0. The van der Waals surface area contributed by atoms with Crippen LogP contribution in [0.3, 0.4) is 0 Å². The first kappa shape index (κ1) is 17.9. The van der Waals surface area contributed by atoms with Crippen molar-refractivity contribution in [1.82, 2.24) is 5.16 Å². The molecular formula is C15H19NO8. The van der Waals surface area contributed by atoms with Crippen LogP contribution in [0.25, 0.3) is 0 Å². The third-order valence-corrected chi connectivity index (χ3v) is 3.67. The third kappa shape index (κ3) is 3.91. The fraction of sp³-hybridized carbons (Fsp3) is 0.600. The van der Waals surface area contributed by atoms with Gasteiger partial charge in [0, 0.05) is 25.8 Å². The first-order valence-corrected chi connectivity index (χ1v) is 7.47. The number of hydrogen-bond donors (Lipinski definition) is 1. The topological polar surface area (TPSA) is 125 Å². The van der Waals surface area contributed by atoms with Crippen molar-refractivity contribution < 1.29 is 38.2 Å². The number of ether oxygens (including phenoxy) is 3. The number of aliphatic carboxylic acids is 1. The predicted octanol–water partition coefficient (Wildman–Crippen LogP) is 0.872. The van der Waals surface area contributed by atoms with E-state index in [1.807, 2.05) is 6.92 Å². The Morgan fingerprint density at radius 1 is 1.33 bits per heavy atom. The van der Waals surface area contributed by atoms with Crippen molar-refractivity contribution in [2.75, 3.05) is 6.61 Å². The molecule has 0 saturated carbocycles. The van der Waals surface area contributed by atoms with Crippen LogP contribution in [0.15, 0.2) is 10.6 Å². The van der Waals surface area contributed by atoms with E-state index in [-0.39, 0.29) is 12.4 Å². The Hall–Kier alpha value is -2.42. The van der Waals surface area contributed by atoms with Gasteiger partial charge in [-0.1, -0.05) is 12.1 Å². The second-order valence-corrected chi connectivity index (χ2v) is 5.44. The van der Waals surface area contributed by atoms with Gasteiger partial charge in [-0.2, -0.15) is 0 Å². The molecule has 1 aromatic heterocycles. The monoisotopic (exact) mass is 341 g/mol. The van der Waals surface area contributed by atoms with E-state index in [9.17, 15) is 19.5 Å². The molecule has 1 aliphatic heterocycles. The van der Waals surface area contributed by atoms with Crippen LogP contribution in [-0.4, -0.2) is 47.2 Å². The second kappa shape index (κ2) is 7.43. The minimum atomic E-state index is -1.18. The van der Waals surface area contributed by atoms with E-state index in [2.05, 4.69) is 5.16 Å². The van der Waals surface area contributed by atoms with Crippen molar-refractivity contribution >= 4 is 17.9 Å². The zero-order valence-corrected chi connectivity index (χ0v) is 13.6. The molecule has 9 heteroatoms. The lowest BCUT2D eigenvalue weighted by Gasteiger charge is -2.24. The highest BCUT2D eigenvalue weighted by atomic mass is 16.7. The molecule has 9 nitrogen and oxygen atoms in total. The molecular weight excluding hydrogens is 322 g/mol. The fourth-order valence-corrected chi connectivity index (χ4v) is 2.64. The maximum atomic E-state index is 11.8.